The lowest BCUT2D eigenvalue weighted by Crippen LogP contribution is -2.29. The second kappa shape index (κ2) is 6.22. The Balaban J connectivity index is 2.34. The summed E-state index contributed by atoms with van der Waals surface area (Å²) in [6.45, 7) is 5.91. The minimum atomic E-state index is 0.100. The molecule has 1 rings (SSSR count). The van der Waals surface area contributed by atoms with Crippen LogP contribution >= 0.6 is 0 Å². The Morgan fingerprint density at radius 2 is 2.31 bits per heavy atom. The maximum absolute atomic E-state index is 11.6. The van der Waals surface area contributed by atoms with Gasteiger partial charge < -0.3 is 10.2 Å². The monoisotopic (exact) mass is 225 g/mol. The van der Waals surface area contributed by atoms with E-state index in [0.717, 1.165) is 12.4 Å². The molecule has 2 N–H and O–H groups in total. The molecule has 0 radical (unpaired) electrons. The van der Waals surface area contributed by atoms with E-state index in [1.807, 2.05) is 13.8 Å². The summed E-state index contributed by atoms with van der Waals surface area (Å²) in [5.41, 5.74) is 0. The summed E-state index contributed by atoms with van der Waals surface area (Å²) >= 11 is 0. The number of aromatic amines is 1. The highest BCUT2D eigenvalue weighted by Gasteiger charge is 2.10. The van der Waals surface area contributed by atoms with E-state index in [9.17, 15) is 4.79 Å². The molecule has 1 aromatic heterocycles. The first-order chi connectivity index (χ1) is 7.63. The van der Waals surface area contributed by atoms with Gasteiger partial charge in [0.25, 0.3) is 0 Å². The summed E-state index contributed by atoms with van der Waals surface area (Å²) in [5, 5.41) is 9.86. The predicted octanol–water partition coefficient (Wildman–Crippen LogP) is 0.0711. The van der Waals surface area contributed by atoms with Gasteiger partial charge in [-0.15, -0.1) is 0 Å². The Hall–Kier alpha value is -1.43. The highest BCUT2D eigenvalue weighted by molar-refractivity contribution is 5.75. The standard InChI is InChI=1S/C10H19N5O/c1-4-11-6-5-10(16)15(3)7-9-12-8(2)13-14-9/h11H,4-7H2,1-3H3,(H,12,13,14). The van der Waals surface area contributed by atoms with Gasteiger partial charge in [-0.2, -0.15) is 5.10 Å². The summed E-state index contributed by atoms with van der Waals surface area (Å²) < 4.78 is 0. The van der Waals surface area contributed by atoms with Crippen molar-refractivity contribution < 1.29 is 4.79 Å². The van der Waals surface area contributed by atoms with E-state index in [0.29, 0.717) is 25.3 Å². The molecule has 16 heavy (non-hydrogen) atoms. The van der Waals surface area contributed by atoms with Gasteiger partial charge in [-0.05, 0) is 13.5 Å². The molecule has 90 valence electrons. The highest BCUT2D eigenvalue weighted by atomic mass is 16.2. The summed E-state index contributed by atoms with van der Waals surface area (Å²) in [5.74, 6) is 1.52. The number of hydrogen-bond donors (Lipinski definition) is 2. The Labute approximate surface area is 95.4 Å². The zero-order valence-electron chi connectivity index (χ0n) is 10.1. The Bertz CT molecular complexity index is 336. The van der Waals surface area contributed by atoms with Crippen LogP contribution in [-0.4, -0.2) is 46.1 Å². The van der Waals surface area contributed by atoms with Gasteiger partial charge in [-0.3, -0.25) is 9.89 Å². The van der Waals surface area contributed by atoms with Crippen LogP contribution in [0.1, 0.15) is 25.0 Å². The van der Waals surface area contributed by atoms with Gasteiger partial charge in [0.05, 0.1) is 6.54 Å². The molecule has 0 bridgehead atoms. The average Bonchev–Trinajstić information content (AvgIpc) is 2.64. The van der Waals surface area contributed by atoms with Crippen LogP contribution in [0.15, 0.2) is 0 Å². The fourth-order valence-corrected chi connectivity index (χ4v) is 1.32. The quantitative estimate of drug-likeness (QED) is 0.672. The topological polar surface area (TPSA) is 73.9 Å². The number of H-pyrrole nitrogens is 1. The van der Waals surface area contributed by atoms with Gasteiger partial charge in [0.1, 0.15) is 5.82 Å². The minimum Gasteiger partial charge on any atom is -0.338 e. The van der Waals surface area contributed by atoms with E-state index < -0.39 is 0 Å². The van der Waals surface area contributed by atoms with E-state index in [1.54, 1.807) is 11.9 Å². The first kappa shape index (κ1) is 12.6. The Morgan fingerprint density at radius 1 is 1.56 bits per heavy atom. The molecule has 6 nitrogen and oxygen atoms in total. The lowest BCUT2D eigenvalue weighted by molar-refractivity contribution is -0.130. The van der Waals surface area contributed by atoms with Crippen molar-refractivity contribution in [2.45, 2.75) is 26.8 Å². The number of rotatable bonds is 6. The molecule has 0 aromatic carbocycles. The van der Waals surface area contributed by atoms with E-state index >= 15 is 0 Å². The van der Waals surface area contributed by atoms with Crippen LogP contribution in [0.25, 0.3) is 0 Å². The van der Waals surface area contributed by atoms with Gasteiger partial charge in [0.2, 0.25) is 5.91 Å². The maximum Gasteiger partial charge on any atom is 0.223 e. The van der Waals surface area contributed by atoms with Crippen LogP contribution in [0.2, 0.25) is 0 Å². The van der Waals surface area contributed by atoms with Gasteiger partial charge in [-0.25, -0.2) is 4.98 Å². The van der Waals surface area contributed by atoms with E-state index in [1.165, 1.54) is 0 Å². The van der Waals surface area contributed by atoms with Crippen LogP contribution < -0.4 is 5.32 Å². The molecule has 0 aliphatic heterocycles. The molecule has 1 heterocycles. The van der Waals surface area contributed by atoms with Crippen molar-refractivity contribution >= 4 is 5.91 Å². The number of carbonyl (C=O) groups is 1. The Kier molecular flexibility index (Phi) is 4.91. The number of nitrogens with zero attached hydrogens (tertiary/aromatic N) is 3. The average molecular weight is 225 g/mol. The van der Waals surface area contributed by atoms with Gasteiger partial charge in [-0.1, -0.05) is 6.92 Å². The molecule has 1 aromatic rings. The summed E-state index contributed by atoms with van der Waals surface area (Å²) in [6.07, 6.45) is 0.508. The van der Waals surface area contributed by atoms with Crippen LogP contribution in [-0.2, 0) is 11.3 Å². The van der Waals surface area contributed by atoms with Crippen LogP contribution in [0.4, 0.5) is 0 Å². The second-order valence-electron chi connectivity index (χ2n) is 3.69. The van der Waals surface area contributed by atoms with Crippen LogP contribution in [0, 0.1) is 6.92 Å². The van der Waals surface area contributed by atoms with E-state index in [-0.39, 0.29) is 5.91 Å². The molecule has 0 aliphatic rings. The molecule has 0 saturated heterocycles. The number of nitrogens with one attached hydrogen (secondary N) is 2. The Morgan fingerprint density at radius 3 is 2.88 bits per heavy atom. The van der Waals surface area contributed by atoms with Crippen molar-refractivity contribution in [3.05, 3.63) is 11.6 Å². The zero-order valence-corrected chi connectivity index (χ0v) is 10.1. The van der Waals surface area contributed by atoms with E-state index in [4.69, 9.17) is 0 Å². The first-order valence-electron chi connectivity index (χ1n) is 5.46. The van der Waals surface area contributed by atoms with E-state index in [2.05, 4.69) is 20.5 Å². The van der Waals surface area contributed by atoms with Crippen molar-refractivity contribution in [3.63, 3.8) is 0 Å². The van der Waals surface area contributed by atoms with Crippen molar-refractivity contribution in [1.82, 2.24) is 25.4 Å². The molecular formula is C10H19N5O. The van der Waals surface area contributed by atoms with Crippen molar-refractivity contribution in [2.24, 2.45) is 0 Å². The highest BCUT2D eigenvalue weighted by Crippen LogP contribution is 1.98. The smallest absolute Gasteiger partial charge is 0.223 e. The molecular weight excluding hydrogens is 206 g/mol. The molecule has 0 fully saturated rings. The molecule has 6 heteroatoms. The third-order valence-corrected chi connectivity index (χ3v) is 2.21. The van der Waals surface area contributed by atoms with Crippen LogP contribution in [0.3, 0.4) is 0 Å². The molecule has 0 aliphatic carbocycles. The fourth-order valence-electron chi connectivity index (χ4n) is 1.32. The SMILES string of the molecule is CCNCCC(=O)N(C)Cc1n[nH]c(C)n1. The van der Waals surface area contributed by atoms with Crippen molar-refractivity contribution in [1.29, 1.82) is 0 Å². The molecule has 0 atom stereocenters. The summed E-state index contributed by atoms with van der Waals surface area (Å²) in [4.78, 5) is 17.4. The van der Waals surface area contributed by atoms with Gasteiger partial charge in [0, 0.05) is 20.0 Å². The predicted molar refractivity (Wildman–Crippen MR) is 60.8 cm³/mol. The van der Waals surface area contributed by atoms with Crippen molar-refractivity contribution in [2.75, 3.05) is 20.1 Å². The number of aryl methyl sites for hydroxylation is 1. The number of aromatic nitrogens is 3. The third kappa shape index (κ3) is 3.98. The van der Waals surface area contributed by atoms with Crippen LogP contribution in [0.5, 0.6) is 0 Å². The molecule has 0 spiro atoms. The van der Waals surface area contributed by atoms with Gasteiger partial charge >= 0.3 is 0 Å². The number of amides is 1. The first-order valence-corrected chi connectivity index (χ1v) is 5.46. The summed E-state index contributed by atoms with van der Waals surface area (Å²) in [7, 11) is 1.76. The maximum atomic E-state index is 11.6. The third-order valence-electron chi connectivity index (χ3n) is 2.21. The second-order valence-corrected chi connectivity index (χ2v) is 3.69. The number of carbonyl (C=O) groups excluding carboxylic acids is 1. The molecule has 1 amide bonds. The fraction of sp³-hybridized carbons (Fsp3) is 0.700. The lowest BCUT2D eigenvalue weighted by Gasteiger charge is -2.15. The minimum absolute atomic E-state index is 0.100. The largest absolute Gasteiger partial charge is 0.338 e. The lowest BCUT2D eigenvalue weighted by atomic mass is 10.3. The molecule has 0 saturated carbocycles. The van der Waals surface area contributed by atoms with Gasteiger partial charge in [0.15, 0.2) is 5.82 Å². The molecule has 0 unspecified atom stereocenters. The summed E-state index contributed by atoms with van der Waals surface area (Å²) in [6, 6.07) is 0. The normalized spacial score (nSPS) is 10.4. The zero-order chi connectivity index (χ0) is 12.0. The van der Waals surface area contributed by atoms with Crippen molar-refractivity contribution in [3.8, 4) is 0 Å². The number of hydrogen-bond acceptors (Lipinski definition) is 4.